The van der Waals surface area contributed by atoms with Crippen LogP contribution in [-0.4, -0.2) is 20.7 Å². The largest absolute Gasteiger partial charge is 0.345 e. The van der Waals surface area contributed by atoms with Gasteiger partial charge in [0.1, 0.15) is 0 Å². The summed E-state index contributed by atoms with van der Waals surface area (Å²) in [6, 6.07) is 10.3. The quantitative estimate of drug-likeness (QED) is 0.759. The number of carbonyl (C=O) groups excluding carboxylic acids is 1. The summed E-state index contributed by atoms with van der Waals surface area (Å²) in [7, 11) is 0. The number of fused-ring (bicyclic) bond motifs is 1. The molecule has 5 heteroatoms. The molecular weight excluding hydrogens is 312 g/mol. The van der Waals surface area contributed by atoms with E-state index < -0.39 is 0 Å². The summed E-state index contributed by atoms with van der Waals surface area (Å²) in [5.74, 6) is -0.112. The maximum Gasteiger partial charge on any atom is 0.253 e. The maximum atomic E-state index is 12.7. The second-order valence-corrected chi connectivity index (χ2v) is 6.66. The SMILES string of the molecule is CC[C@@H](NC(=O)c1cnc2c(cnn2C(C)C)c1)c1ccc(C)cc1. The Morgan fingerprint density at radius 3 is 2.56 bits per heavy atom. The van der Waals surface area contributed by atoms with E-state index in [-0.39, 0.29) is 18.0 Å². The maximum absolute atomic E-state index is 12.7. The smallest absolute Gasteiger partial charge is 0.253 e. The van der Waals surface area contributed by atoms with Gasteiger partial charge in [-0.15, -0.1) is 0 Å². The third-order valence-electron chi connectivity index (χ3n) is 4.38. The molecule has 3 rings (SSSR count). The summed E-state index contributed by atoms with van der Waals surface area (Å²) < 4.78 is 1.86. The van der Waals surface area contributed by atoms with Crippen molar-refractivity contribution in [1.29, 1.82) is 0 Å². The number of amides is 1. The molecule has 1 N–H and O–H groups in total. The van der Waals surface area contributed by atoms with Crippen molar-refractivity contribution in [3.8, 4) is 0 Å². The number of nitrogens with one attached hydrogen (secondary N) is 1. The van der Waals surface area contributed by atoms with Crippen LogP contribution in [0.3, 0.4) is 0 Å². The average molecular weight is 336 g/mol. The number of hydrogen-bond donors (Lipinski definition) is 1. The summed E-state index contributed by atoms with van der Waals surface area (Å²) in [6.07, 6.45) is 4.21. The highest BCUT2D eigenvalue weighted by Crippen LogP contribution is 2.20. The number of nitrogens with zero attached hydrogens (tertiary/aromatic N) is 3. The molecule has 5 nitrogen and oxygen atoms in total. The second-order valence-electron chi connectivity index (χ2n) is 6.66. The van der Waals surface area contributed by atoms with Gasteiger partial charge in [0, 0.05) is 17.6 Å². The van der Waals surface area contributed by atoms with Crippen molar-refractivity contribution in [3.63, 3.8) is 0 Å². The van der Waals surface area contributed by atoms with Gasteiger partial charge in [0.05, 0.1) is 17.8 Å². The highest BCUT2D eigenvalue weighted by Gasteiger charge is 2.16. The molecule has 0 unspecified atom stereocenters. The predicted molar refractivity (Wildman–Crippen MR) is 99.6 cm³/mol. The van der Waals surface area contributed by atoms with Crippen LogP contribution in [0.2, 0.25) is 0 Å². The van der Waals surface area contributed by atoms with E-state index >= 15 is 0 Å². The number of aryl methyl sites for hydroxylation is 1. The van der Waals surface area contributed by atoms with Crippen molar-refractivity contribution in [2.45, 2.75) is 46.2 Å². The minimum Gasteiger partial charge on any atom is -0.345 e. The van der Waals surface area contributed by atoms with Crippen molar-refractivity contribution in [2.24, 2.45) is 0 Å². The molecule has 25 heavy (non-hydrogen) atoms. The van der Waals surface area contributed by atoms with Crippen LogP contribution in [0.15, 0.2) is 42.7 Å². The van der Waals surface area contributed by atoms with Crippen molar-refractivity contribution in [1.82, 2.24) is 20.1 Å². The molecular formula is C20H24N4O. The minimum absolute atomic E-state index is 0.0119. The molecule has 3 aromatic rings. The van der Waals surface area contributed by atoms with Gasteiger partial charge in [-0.1, -0.05) is 36.8 Å². The summed E-state index contributed by atoms with van der Waals surface area (Å²) >= 11 is 0. The van der Waals surface area contributed by atoms with Gasteiger partial charge in [-0.25, -0.2) is 9.67 Å². The van der Waals surface area contributed by atoms with E-state index in [2.05, 4.69) is 67.4 Å². The monoisotopic (exact) mass is 336 g/mol. The molecule has 0 fully saturated rings. The lowest BCUT2D eigenvalue weighted by Crippen LogP contribution is -2.28. The molecule has 2 aromatic heterocycles. The van der Waals surface area contributed by atoms with Gasteiger partial charge in [0.2, 0.25) is 0 Å². The molecule has 0 aliphatic heterocycles. The van der Waals surface area contributed by atoms with E-state index in [1.54, 1.807) is 12.4 Å². The Morgan fingerprint density at radius 1 is 1.20 bits per heavy atom. The summed E-state index contributed by atoms with van der Waals surface area (Å²) in [5.41, 5.74) is 3.68. The predicted octanol–water partition coefficient (Wildman–Crippen LogP) is 4.20. The van der Waals surface area contributed by atoms with Crippen molar-refractivity contribution in [3.05, 3.63) is 59.4 Å². The fourth-order valence-electron chi connectivity index (χ4n) is 2.90. The van der Waals surface area contributed by atoms with Gasteiger partial charge in [0.15, 0.2) is 5.65 Å². The third kappa shape index (κ3) is 3.55. The van der Waals surface area contributed by atoms with Gasteiger partial charge < -0.3 is 5.32 Å². The normalized spacial score (nSPS) is 12.5. The standard InChI is InChI=1S/C20H24N4O/c1-5-18(15-8-6-14(4)7-9-15)23-20(25)17-10-16-12-22-24(13(2)3)19(16)21-11-17/h6-13,18H,5H2,1-4H3,(H,23,25)/t18-/m1/s1. The van der Waals surface area contributed by atoms with Crippen LogP contribution in [0.25, 0.3) is 11.0 Å². The fraction of sp³-hybridized carbons (Fsp3) is 0.350. The number of hydrogen-bond acceptors (Lipinski definition) is 3. The topological polar surface area (TPSA) is 59.8 Å². The molecule has 0 radical (unpaired) electrons. The lowest BCUT2D eigenvalue weighted by Gasteiger charge is -2.17. The molecule has 0 aliphatic carbocycles. The first kappa shape index (κ1) is 17.1. The Bertz CT molecular complexity index is 880. The van der Waals surface area contributed by atoms with E-state index in [1.807, 2.05) is 10.7 Å². The lowest BCUT2D eigenvalue weighted by atomic mass is 10.0. The van der Waals surface area contributed by atoms with Crippen LogP contribution < -0.4 is 5.32 Å². The van der Waals surface area contributed by atoms with Gasteiger partial charge >= 0.3 is 0 Å². The highest BCUT2D eigenvalue weighted by molar-refractivity contribution is 5.97. The van der Waals surface area contributed by atoms with Gasteiger partial charge in [-0.2, -0.15) is 5.10 Å². The highest BCUT2D eigenvalue weighted by atomic mass is 16.1. The zero-order chi connectivity index (χ0) is 18.0. The van der Waals surface area contributed by atoms with E-state index in [0.29, 0.717) is 5.56 Å². The first-order valence-electron chi connectivity index (χ1n) is 8.70. The van der Waals surface area contributed by atoms with E-state index in [4.69, 9.17) is 0 Å². The molecule has 0 spiro atoms. The van der Waals surface area contributed by atoms with E-state index in [9.17, 15) is 4.79 Å². The molecule has 0 bridgehead atoms. The first-order valence-corrected chi connectivity index (χ1v) is 8.70. The molecule has 2 heterocycles. The molecule has 1 amide bonds. The van der Waals surface area contributed by atoms with Crippen LogP contribution in [0, 0.1) is 6.92 Å². The zero-order valence-corrected chi connectivity index (χ0v) is 15.2. The molecule has 0 saturated heterocycles. The van der Waals surface area contributed by atoms with Crippen LogP contribution in [-0.2, 0) is 0 Å². The summed E-state index contributed by atoms with van der Waals surface area (Å²) in [4.78, 5) is 17.1. The van der Waals surface area contributed by atoms with Crippen molar-refractivity contribution >= 4 is 16.9 Å². The lowest BCUT2D eigenvalue weighted by molar-refractivity contribution is 0.0935. The van der Waals surface area contributed by atoms with Crippen molar-refractivity contribution in [2.75, 3.05) is 0 Å². The Kier molecular flexibility index (Phi) is 4.83. The number of aromatic nitrogens is 3. The number of pyridine rings is 1. The Balaban J connectivity index is 1.82. The summed E-state index contributed by atoms with van der Waals surface area (Å²) in [5, 5.41) is 8.34. The van der Waals surface area contributed by atoms with Crippen LogP contribution in [0.4, 0.5) is 0 Å². The number of rotatable bonds is 5. The Hall–Kier alpha value is -2.69. The van der Waals surface area contributed by atoms with Crippen molar-refractivity contribution < 1.29 is 4.79 Å². The van der Waals surface area contributed by atoms with Crippen LogP contribution in [0.1, 0.15) is 60.8 Å². The van der Waals surface area contributed by atoms with Gasteiger partial charge in [-0.05, 0) is 38.8 Å². The fourth-order valence-corrected chi connectivity index (χ4v) is 2.90. The van der Waals surface area contributed by atoms with E-state index in [1.165, 1.54) is 5.56 Å². The summed E-state index contributed by atoms with van der Waals surface area (Å²) in [6.45, 7) is 8.24. The van der Waals surface area contributed by atoms with Crippen LogP contribution >= 0.6 is 0 Å². The van der Waals surface area contributed by atoms with Crippen LogP contribution in [0.5, 0.6) is 0 Å². The minimum atomic E-state index is -0.112. The zero-order valence-electron chi connectivity index (χ0n) is 15.2. The van der Waals surface area contributed by atoms with E-state index in [0.717, 1.165) is 23.0 Å². The first-order chi connectivity index (χ1) is 12.0. The molecule has 1 aromatic carbocycles. The molecule has 130 valence electrons. The Labute approximate surface area is 148 Å². The number of benzene rings is 1. The number of carbonyl (C=O) groups is 1. The molecule has 0 aliphatic rings. The van der Waals surface area contributed by atoms with Gasteiger partial charge in [-0.3, -0.25) is 4.79 Å². The molecule has 0 saturated carbocycles. The third-order valence-corrected chi connectivity index (χ3v) is 4.38. The second kappa shape index (κ2) is 7.05. The molecule has 1 atom stereocenters. The average Bonchev–Trinajstić information content (AvgIpc) is 3.03. The Morgan fingerprint density at radius 2 is 1.92 bits per heavy atom. The van der Waals surface area contributed by atoms with Gasteiger partial charge in [0.25, 0.3) is 5.91 Å².